The fraction of sp³-hybridized carbons (Fsp3) is 0.143. The summed E-state index contributed by atoms with van der Waals surface area (Å²) in [6.45, 7) is 1.89. The second-order valence-electron chi connectivity index (χ2n) is 4.56. The fourth-order valence-corrected chi connectivity index (χ4v) is 2.18. The van der Waals surface area contributed by atoms with Crippen molar-refractivity contribution in [2.75, 3.05) is 0 Å². The molecule has 0 radical (unpaired) electrons. The maximum absolute atomic E-state index is 12.1. The molecule has 7 nitrogen and oxygen atoms in total. The molecule has 2 aromatic heterocycles. The molecular formula is C14H11N3O4. The van der Waals surface area contributed by atoms with Gasteiger partial charge in [-0.3, -0.25) is 4.79 Å². The summed E-state index contributed by atoms with van der Waals surface area (Å²) in [5.41, 5.74) is -0.177. The van der Waals surface area contributed by atoms with Gasteiger partial charge in [0.2, 0.25) is 11.3 Å². The molecule has 0 atom stereocenters. The molecule has 0 aliphatic rings. The molecule has 106 valence electrons. The van der Waals surface area contributed by atoms with Crippen LogP contribution in [0.5, 0.6) is 0 Å². The SMILES string of the molecule is Cc1noc(Cn2cc(C(=O)O)c(=O)c3ccccc32)n1. The zero-order valence-corrected chi connectivity index (χ0v) is 11.1. The lowest BCUT2D eigenvalue weighted by Crippen LogP contribution is -2.19. The minimum atomic E-state index is -1.26. The van der Waals surface area contributed by atoms with Gasteiger partial charge in [-0.1, -0.05) is 17.3 Å². The Labute approximate surface area is 118 Å². The lowest BCUT2D eigenvalue weighted by atomic mass is 10.1. The van der Waals surface area contributed by atoms with Crippen molar-refractivity contribution in [3.8, 4) is 0 Å². The smallest absolute Gasteiger partial charge is 0.341 e. The summed E-state index contributed by atoms with van der Waals surface area (Å²) >= 11 is 0. The van der Waals surface area contributed by atoms with Crippen molar-refractivity contribution < 1.29 is 14.4 Å². The van der Waals surface area contributed by atoms with Gasteiger partial charge < -0.3 is 14.2 Å². The van der Waals surface area contributed by atoms with Crippen molar-refractivity contribution >= 4 is 16.9 Å². The summed E-state index contributed by atoms with van der Waals surface area (Å²) in [5, 5.41) is 13.2. The largest absolute Gasteiger partial charge is 0.477 e. The highest BCUT2D eigenvalue weighted by atomic mass is 16.5. The quantitative estimate of drug-likeness (QED) is 0.781. The van der Waals surface area contributed by atoms with Gasteiger partial charge >= 0.3 is 5.97 Å². The van der Waals surface area contributed by atoms with E-state index in [9.17, 15) is 9.59 Å². The van der Waals surface area contributed by atoms with Gasteiger partial charge in [0.1, 0.15) is 12.1 Å². The average Bonchev–Trinajstić information content (AvgIpc) is 2.87. The van der Waals surface area contributed by atoms with Crippen LogP contribution in [0.4, 0.5) is 0 Å². The number of carboxylic acid groups (broad SMARTS) is 1. The molecular weight excluding hydrogens is 274 g/mol. The third kappa shape index (κ3) is 2.29. The Morgan fingerprint density at radius 3 is 2.81 bits per heavy atom. The second-order valence-corrected chi connectivity index (χ2v) is 4.56. The number of para-hydroxylation sites is 1. The van der Waals surface area contributed by atoms with Gasteiger partial charge in [-0.15, -0.1) is 0 Å². The Bertz CT molecular complexity index is 895. The molecule has 2 heterocycles. The zero-order valence-electron chi connectivity index (χ0n) is 11.1. The Morgan fingerprint density at radius 1 is 1.38 bits per heavy atom. The van der Waals surface area contributed by atoms with Gasteiger partial charge in [0.05, 0.1) is 5.52 Å². The number of rotatable bonds is 3. The highest BCUT2D eigenvalue weighted by molar-refractivity contribution is 5.92. The third-order valence-electron chi connectivity index (χ3n) is 3.09. The summed E-state index contributed by atoms with van der Waals surface area (Å²) in [5.74, 6) is -0.423. The van der Waals surface area contributed by atoms with Crippen LogP contribution < -0.4 is 5.43 Å². The lowest BCUT2D eigenvalue weighted by Gasteiger charge is -2.09. The van der Waals surface area contributed by atoms with Crippen LogP contribution in [-0.2, 0) is 6.54 Å². The van der Waals surface area contributed by atoms with Crippen molar-refractivity contribution in [2.45, 2.75) is 13.5 Å². The minimum absolute atomic E-state index is 0.196. The molecule has 0 bridgehead atoms. The van der Waals surface area contributed by atoms with Crippen LogP contribution in [-0.4, -0.2) is 25.8 Å². The molecule has 0 unspecified atom stereocenters. The predicted octanol–water partition coefficient (Wildman–Crippen LogP) is 1.44. The number of carboxylic acids is 1. The van der Waals surface area contributed by atoms with E-state index in [0.29, 0.717) is 22.6 Å². The fourth-order valence-electron chi connectivity index (χ4n) is 2.18. The van der Waals surface area contributed by atoms with Crippen LogP contribution >= 0.6 is 0 Å². The molecule has 0 saturated heterocycles. The van der Waals surface area contributed by atoms with Gasteiger partial charge in [0.25, 0.3) is 0 Å². The van der Waals surface area contributed by atoms with Gasteiger partial charge in [0.15, 0.2) is 5.82 Å². The number of fused-ring (bicyclic) bond motifs is 1. The normalized spacial score (nSPS) is 10.9. The first-order chi connectivity index (χ1) is 10.1. The number of nitrogens with zero attached hydrogens (tertiary/aromatic N) is 3. The predicted molar refractivity (Wildman–Crippen MR) is 73.3 cm³/mol. The Balaban J connectivity index is 2.23. The second kappa shape index (κ2) is 4.86. The number of pyridine rings is 1. The van der Waals surface area contributed by atoms with E-state index in [1.807, 2.05) is 0 Å². The molecule has 0 spiro atoms. The molecule has 1 N–H and O–H groups in total. The molecule has 0 aliphatic carbocycles. The van der Waals surface area contributed by atoms with Crippen LogP contribution in [0.15, 0.2) is 39.8 Å². The van der Waals surface area contributed by atoms with Crippen LogP contribution in [0, 0.1) is 6.92 Å². The van der Waals surface area contributed by atoms with Gasteiger partial charge in [-0.05, 0) is 19.1 Å². The molecule has 3 rings (SSSR count). The molecule has 0 amide bonds. The lowest BCUT2D eigenvalue weighted by molar-refractivity contribution is 0.0695. The summed E-state index contributed by atoms with van der Waals surface area (Å²) in [6, 6.07) is 6.81. The first-order valence-corrected chi connectivity index (χ1v) is 6.21. The van der Waals surface area contributed by atoms with E-state index < -0.39 is 11.4 Å². The Hall–Kier alpha value is -2.96. The topological polar surface area (TPSA) is 98.2 Å². The van der Waals surface area contributed by atoms with Crippen molar-refractivity contribution in [1.29, 1.82) is 0 Å². The number of hydrogen-bond donors (Lipinski definition) is 1. The van der Waals surface area contributed by atoms with Crippen LogP contribution in [0.3, 0.4) is 0 Å². The Morgan fingerprint density at radius 2 is 2.14 bits per heavy atom. The third-order valence-corrected chi connectivity index (χ3v) is 3.09. The molecule has 7 heteroatoms. The molecule has 0 fully saturated rings. The number of benzene rings is 1. The van der Waals surface area contributed by atoms with Crippen molar-refractivity contribution in [1.82, 2.24) is 14.7 Å². The van der Waals surface area contributed by atoms with E-state index in [0.717, 1.165) is 0 Å². The maximum atomic E-state index is 12.1. The van der Waals surface area contributed by atoms with Crippen LogP contribution in [0.2, 0.25) is 0 Å². The number of carbonyl (C=O) groups is 1. The molecule has 3 aromatic rings. The summed E-state index contributed by atoms with van der Waals surface area (Å²) in [4.78, 5) is 27.4. The van der Waals surface area contributed by atoms with Crippen LogP contribution in [0.25, 0.3) is 10.9 Å². The number of aromatic nitrogens is 3. The molecule has 21 heavy (non-hydrogen) atoms. The zero-order chi connectivity index (χ0) is 15.0. The average molecular weight is 285 g/mol. The van der Waals surface area contributed by atoms with Crippen molar-refractivity contribution in [3.05, 3.63) is 58.0 Å². The van der Waals surface area contributed by atoms with E-state index in [2.05, 4.69) is 10.1 Å². The minimum Gasteiger partial charge on any atom is -0.477 e. The number of aromatic carboxylic acids is 1. The monoisotopic (exact) mass is 285 g/mol. The van der Waals surface area contributed by atoms with Crippen molar-refractivity contribution in [2.24, 2.45) is 0 Å². The first-order valence-electron chi connectivity index (χ1n) is 6.21. The number of aryl methyl sites for hydroxylation is 1. The van der Waals surface area contributed by atoms with E-state index in [1.165, 1.54) is 6.20 Å². The van der Waals surface area contributed by atoms with Gasteiger partial charge in [-0.25, -0.2) is 4.79 Å². The van der Waals surface area contributed by atoms with Crippen molar-refractivity contribution in [3.63, 3.8) is 0 Å². The van der Waals surface area contributed by atoms with Crippen LogP contribution in [0.1, 0.15) is 22.1 Å². The van der Waals surface area contributed by atoms with E-state index in [1.54, 1.807) is 35.8 Å². The summed E-state index contributed by atoms with van der Waals surface area (Å²) in [6.07, 6.45) is 1.30. The Kier molecular flexibility index (Phi) is 3.02. The number of hydrogen-bond acceptors (Lipinski definition) is 5. The standard InChI is InChI=1S/C14H11N3O4/c1-8-15-12(21-16-8)7-17-6-10(14(19)20)13(18)9-4-2-3-5-11(9)17/h2-6H,7H2,1H3,(H,19,20). The molecule has 1 aromatic carbocycles. The van der Waals surface area contributed by atoms with Gasteiger partial charge in [-0.2, -0.15) is 4.98 Å². The first kappa shape index (κ1) is 13.0. The summed E-state index contributed by atoms with van der Waals surface area (Å²) < 4.78 is 6.66. The van der Waals surface area contributed by atoms with E-state index in [-0.39, 0.29) is 12.1 Å². The highest BCUT2D eigenvalue weighted by Gasteiger charge is 2.15. The van der Waals surface area contributed by atoms with Gasteiger partial charge in [0, 0.05) is 11.6 Å². The highest BCUT2D eigenvalue weighted by Crippen LogP contribution is 2.13. The molecule has 0 aliphatic heterocycles. The summed E-state index contributed by atoms with van der Waals surface area (Å²) in [7, 11) is 0. The van der Waals surface area contributed by atoms with E-state index in [4.69, 9.17) is 9.63 Å². The van der Waals surface area contributed by atoms with E-state index >= 15 is 0 Å². The maximum Gasteiger partial charge on any atom is 0.341 e. The molecule has 0 saturated carbocycles.